The van der Waals surface area contributed by atoms with Gasteiger partial charge in [0.2, 0.25) is 0 Å². The quantitative estimate of drug-likeness (QED) is 0.905. The summed E-state index contributed by atoms with van der Waals surface area (Å²) in [5.41, 5.74) is 0.486. The average Bonchev–Trinajstić information content (AvgIpc) is 2.77. The first kappa shape index (κ1) is 13.4. The molecule has 2 heterocycles. The molecule has 1 aliphatic rings. The van der Waals surface area contributed by atoms with E-state index in [9.17, 15) is 9.18 Å². The number of alkyl halides is 1. The number of aryl methyl sites for hydroxylation is 1. The molecule has 1 N–H and O–H groups in total. The maximum Gasteiger partial charge on any atom is 0.271 e. The highest BCUT2D eigenvalue weighted by molar-refractivity contribution is 7.05. The van der Waals surface area contributed by atoms with E-state index in [0.29, 0.717) is 12.2 Å². The fourth-order valence-electron chi connectivity index (χ4n) is 2.23. The predicted octanol–water partition coefficient (Wildman–Crippen LogP) is 1.62. The molecule has 18 heavy (non-hydrogen) atoms. The number of carbonyl (C=O) groups excluding carboxylic acids is 1. The van der Waals surface area contributed by atoms with Gasteiger partial charge in [-0.15, -0.1) is 0 Å². The molecule has 1 saturated heterocycles. The van der Waals surface area contributed by atoms with Crippen LogP contribution in [-0.2, 0) is 0 Å². The number of amides is 1. The van der Waals surface area contributed by atoms with Gasteiger partial charge in [0.05, 0.1) is 0 Å². The molecule has 0 saturated carbocycles. The number of rotatable bonds is 4. The number of hydrogen-bond acceptors (Lipinski definition) is 4. The number of hydrogen-bond donors (Lipinski definition) is 1. The van der Waals surface area contributed by atoms with Gasteiger partial charge in [-0.3, -0.25) is 9.69 Å². The third-order valence-electron chi connectivity index (χ3n) is 3.10. The summed E-state index contributed by atoms with van der Waals surface area (Å²) in [4.78, 5) is 15.0. The zero-order chi connectivity index (χ0) is 13.0. The summed E-state index contributed by atoms with van der Waals surface area (Å²) in [5.74, 6) is -0.119. The molecule has 1 fully saturated rings. The normalized spacial score (nSPS) is 20.9. The molecule has 1 amide bonds. The van der Waals surface area contributed by atoms with E-state index < -0.39 is 0 Å². The maximum atomic E-state index is 12.3. The Balaban J connectivity index is 1.87. The topological polar surface area (TPSA) is 45.2 Å². The highest BCUT2D eigenvalue weighted by Crippen LogP contribution is 2.12. The zero-order valence-corrected chi connectivity index (χ0v) is 11.3. The van der Waals surface area contributed by atoms with Crippen LogP contribution in [0.1, 0.15) is 28.2 Å². The summed E-state index contributed by atoms with van der Waals surface area (Å²) in [5, 5.41) is 2.98. The Hall–Kier alpha value is -1.01. The molecule has 100 valence electrons. The highest BCUT2D eigenvalue weighted by atomic mass is 32.1. The van der Waals surface area contributed by atoms with Crippen LogP contribution in [0.25, 0.3) is 0 Å². The van der Waals surface area contributed by atoms with Gasteiger partial charge in [-0.05, 0) is 43.9 Å². The van der Waals surface area contributed by atoms with Gasteiger partial charge in [0.25, 0.3) is 5.91 Å². The molecule has 4 nitrogen and oxygen atoms in total. The molecule has 1 aromatic heterocycles. The first-order chi connectivity index (χ1) is 8.69. The van der Waals surface area contributed by atoms with E-state index in [1.165, 1.54) is 11.5 Å². The van der Waals surface area contributed by atoms with Crippen LogP contribution < -0.4 is 5.32 Å². The molecule has 0 spiro atoms. The molecule has 6 heteroatoms. The van der Waals surface area contributed by atoms with Gasteiger partial charge in [-0.25, -0.2) is 4.39 Å². The number of nitrogens with zero attached hydrogens (tertiary/aromatic N) is 2. The van der Waals surface area contributed by atoms with Crippen molar-refractivity contribution in [2.24, 2.45) is 0 Å². The van der Waals surface area contributed by atoms with Gasteiger partial charge in [-0.1, -0.05) is 0 Å². The second-order valence-electron chi connectivity index (χ2n) is 4.63. The number of piperidine rings is 1. The predicted molar refractivity (Wildman–Crippen MR) is 69.8 cm³/mol. The zero-order valence-electron chi connectivity index (χ0n) is 10.5. The van der Waals surface area contributed by atoms with Crippen LogP contribution in [0.4, 0.5) is 4.39 Å². The Morgan fingerprint density at radius 2 is 2.56 bits per heavy atom. The third-order valence-corrected chi connectivity index (χ3v) is 3.80. The van der Waals surface area contributed by atoms with Gasteiger partial charge in [0.15, 0.2) is 0 Å². The molecule has 0 bridgehead atoms. The van der Waals surface area contributed by atoms with Crippen molar-refractivity contribution in [3.8, 4) is 0 Å². The summed E-state index contributed by atoms with van der Waals surface area (Å²) < 4.78 is 16.4. The molecule has 1 aliphatic heterocycles. The highest BCUT2D eigenvalue weighted by Gasteiger charge is 2.22. The fourth-order valence-corrected chi connectivity index (χ4v) is 2.77. The van der Waals surface area contributed by atoms with Crippen LogP contribution in [0.3, 0.4) is 0 Å². The van der Waals surface area contributed by atoms with Gasteiger partial charge in [-0.2, -0.15) is 4.37 Å². The van der Waals surface area contributed by atoms with Gasteiger partial charge < -0.3 is 5.32 Å². The van der Waals surface area contributed by atoms with E-state index in [-0.39, 0.29) is 18.6 Å². The first-order valence-corrected chi connectivity index (χ1v) is 6.99. The van der Waals surface area contributed by atoms with E-state index in [2.05, 4.69) is 14.6 Å². The first-order valence-electron chi connectivity index (χ1n) is 6.21. The SMILES string of the molecule is Cc1cc(C(=O)NC2CCCN(CCF)C2)ns1. The minimum Gasteiger partial charge on any atom is -0.347 e. The summed E-state index contributed by atoms with van der Waals surface area (Å²) in [6, 6.07) is 1.90. The maximum absolute atomic E-state index is 12.3. The van der Waals surface area contributed by atoms with E-state index in [1.807, 2.05) is 6.92 Å². The number of carbonyl (C=O) groups is 1. The van der Waals surface area contributed by atoms with Crippen molar-refractivity contribution in [1.29, 1.82) is 0 Å². The summed E-state index contributed by atoms with van der Waals surface area (Å²) in [7, 11) is 0. The van der Waals surface area contributed by atoms with E-state index in [1.54, 1.807) is 6.07 Å². The van der Waals surface area contributed by atoms with Gasteiger partial charge in [0.1, 0.15) is 12.4 Å². The van der Waals surface area contributed by atoms with Crippen molar-refractivity contribution in [3.63, 3.8) is 0 Å². The number of nitrogens with one attached hydrogen (secondary N) is 1. The minimum atomic E-state index is -0.327. The molecule has 0 aromatic carbocycles. The minimum absolute atomic E-state index is 0.111. The smallest absolute Gasteiger partial charge is 0.271 e. The van der Waals surface area contributed by atoms with Crippen molar-refractivity contribution >= 4 is 17.4 Å². The Morgan fingerprint density at radius 3 is 3.22 bits per heavy atom. The second-order valence-corrected chi connectivity index (χ2v) is 5.63. The number of halogens is 1. The lowest BCUT2D eigenvalue weighted by atomic mass is 10.1. The molecule has 1 aromatic rings. The molecular weight excluding hydrogens is 253 g/mol. The van der Waals surface area contributed by atoms with E-state index >= 15 is 0 Å². The van der Waals surface area contributed by atoms with Crippen LogP contribution in [0.2, 0.25) is 0 Å². The Labute approximate surface area is 110 Å². The van der Waals surface area contributed by atoms with E-state index in [4.69, 9.17) is 0 Å². The van der Waals surface area contributed by atoms with Crippen LogP contribution in [0.15, 0.2) is 6.07 Å². The van der Waals surface area contributed by atoms with E-state index in [0.717, 1.165) is 30.8 Å². The third kappa shape index (κ3) is 3.49. The summed E-state index contributed by atoms with van der Waals surface area (Å²) >= 11 is 1.33. The lowest BCUT2D eigenvalue weighted by Gasteiger charge is -2.32. The van der Waals surface area contributed by atoms with Crippen molar-refractivity contribution in [2.75, 3.05) is 26.3 Å². The summed E-state index contributed by atoms with van der Waals surface area (Å²) in [6.45, 7) is 3.72. The molecule has 0 radical (unpaired) electrons. The summed E-state index contributed by atoms with van der Waals surface area (Å²) in [6.07, 6.45) is 1.96. The van der Waals surface area contributed by atoms with Gasteiger partial charge in [0, 0.05) is 24.0 Å². The van der Waals surface area contributed by atoms with Crippen LogP contribution in [0.5, 0.6) is 0 Å². The lowest BCUT2D eigenvalue weighted by Crippen LogP contribution is -2.48. The molecule has 1 unspecified atom stereocenters. The van der Waals surface area contributed by atoms with Crippen LogP contribution in [-0.4, -0.2) is 47.5 Å². The monoisotopic (exact) mass is 271 g/mol. The standard InChI is InChI=1S/C12H18FN3OS/c1-9-7-11(15-18-9)12(17)14-10-3-2-5-16(8-10)6-4-13/h7,10H,2-6,8H2,1H3,(H,14,17). The van der Waals surface area contributed by atoms with Crippen molar-refractivity contribution < 1.29 is 9.18 Å². The Kier molecular flexibility index (Phi) is 4.66. The van der Waals surface area contributed by atoms with Crippen LogP contribution in [0, 0.1) is 6.92 Å². The van der Waals surface area contributed by atoms with Crippen molar-refractivity contribution in [2.45, 2.75) is 25.8 Å². The number of aromatic nitrogens is 1. The van der Waals surface area contributed by atoms with Crippen molar-refractivity contribution in [1.82, 2.24) is 14.6 Å². The Morgan fingerprint density at radius 1 is 1.72 bits per heavy atom. The second kappa shape index (κ2) is 6.24. The Bertz CT molecular complexity index is 408. The largest absolute Gasteiger partial charge is 0.347 e. The molecule has 0 aliphatic carbocycles. The molecular formula is C12H18FN3OS. The van der Waals surface area contributed by atoms with Gasteiger partial charge >= 0.3 is 0 Å². The molecule has 1 atom stereocenters. The fraction of sp³-hybridized carbons (Fsp3) is 0.667. The van der Waals surface area contributed by atoms with Crippen LogP contribution >= 0.6 is 11.5 Å². The average molecular weight is 271 g/mol. The lowest BCUT2D eigenvalue weighted by molar-refractivity contribution is 0.0897. The molecule has 2 rings (SSSR count). The number of likely N-dealkylation sites (tertiary alicyclic amines) is 1. The van der Waals surface area contributed by atoms with Crippen molar-refractivity contribution in [3.05, 3.63) is 16.6 Å².